The number of rotatable bonds is 2. The molecule has 2 N–H and O–H groups in total. The average Bonchev–Trinajstić information content (AvgIpc) is 2.57. The minimum Gasteiger partial charge on any atom is -0.430 e. The molecule has 0 spiro atoms. The van der Waals surface area contributed by atoms with E-state index in [2.05, 4.69) is 4.98 Å². The van der Waals surface area contributed by atoms with E-state index in [9.17, 15) is 8.42 Å². The number of primary sulfonamides is 1. The van der Waals surface area contributed by atoms with Crippen LogP contribution in [0.1, 0.15) is 0 Å². The second kappa shape index (κ2) is 3.51. The van der Waals surface area contributed by atoms with Crippen LogP contribution in [0.25, 0.3) is 11.1 Å². The van der Waals surface area contributed by atoms with Crippen molar-refractivity contribution in [1.82, 2.24) is 4.98 Å². The quantitative estimate of drug-likeness (QED) is 0.802. The Labute approximate surface area is 90.7 Å². The van der Waals surface area contributed by atoms with Crippen molar-refractivity contribution in [3.8, 4) is 0 Å². The average molecular weight is 244 g/mol. The van der Waals surface area contributed by atoms with Crippen molar-refractivity contribution in [2.75, 3.05) is 6.26 Å². The third-order valence-electron chi connectivity index (χ3n) is 1.84. The first-order valence-corrected chi connectivity index (χ1v) is 6.76. The van der Waals surface area contributed by atoms with Crippen molar-refractivity contribution in [2.24, 2.45) is 5.14 Å². The van der Waals surface area contributed by atoms with Crippen LogP contribution in [0.4, 0.5) is 0 Å². The third kappa shape index (κ3) is 1.85. The SMILES string of the molecule is CSc1nc2cccc(S(N)(=O)=O)c2o1. The summed E-state index contributed by atoms with van der Waals surface area (Å²) >= 11 is 1.30. The van der Waals surface area contributed by atoms with Crippen molar-refractivity contribution < 1.29 is 12.8 Å². The predicted molar refractivity (Wildman–Crippen MR) is 57.2 cm³/mol. The second-order valence-corrected chi connectivity index (χ2v) is 5.12. The van der Waals surface area contributed by atoms with Gasteiger partial charge in [-0.1, -0.05) is 17.8 Å². The molecule has 0 atom stereocenters. The van der Waals surface area contributed by atoms with Crippen LogP contribution in [0.3, 0.4) is 0 Å². The summed E-state index contributed by atoms with van der Waals surface area (Å²) in [7, 11) is -3.77. The molecule has 0 radical (unpaired) electrons. The summed E-state index contributed by atoms with van der Waals surface area (Å²) in [6, 6.07) is 4.65. The highest BCUT2D eigenvalue weighted by atomic mass is 32.2. The molecule has 1 heterocycles. The van der Waals surface area contributed by atoms with E-state index in [1.807, 2.05) is 0 Å². The highest BCUT2D eigenvalue weighted by Gasteiger charge is 2.16. The number of oxazole rings is 1. The summed E-state index contributed by atoms with van der Waals surface area (Å²) in [5, 5.41) is 5.47. The summed E-state index contributed by atoms with van der Waals surface area (Å²) in [6.07, 6.45) is 1.79. The molecule has 2 aromatic rings. The fraction of sp³-hybridized carbons (Fsp3) is 0.125. The molecular formula is C8H8N2O3S2. The maximum atomic E-state index is 11.2. The normalized spacial score (nSPS) is 12.1. The maximum Gasteiger partial charge on any atom is 0.256 e. The van der Waals surface area contributed by atoms with Gasteiger partial charge >= 0.3 is 0 Å². The number of thioether (sulfide) groups is 1. The Morgan fingerprint density at radius 3 is 2.80 bits per heavy atom. The number of hydrogen-bond acceptors (Lipinski definition) is 5. The molecule has 2 rings (SSSR count). The van der Waals surface area contributed by atoms with Crippen LogP contribution in [0.5, 0.6) is 0 Å². The van der Waals surface area contributed by atoms with Gasteiger partial charge in [-0.25, -0.2) is 18.5 Å². The molecular weight excluding hydrogens is 236 g/mol. The first kappa shape index (κ1) is 10.5. The fourth-order valence-electron chi connectivity index (χ4n) is 1.21. The number of hydrogen-bond donors (Lipinski definition) is 1. The Bertz CT molecular complexity index is 603. The minimum atomic E-state index is -3.77. The van der Waals surface area contributed by atoms with Crippen molar-refractivity contribution in [1.29, 1.82) is 0 Å². The molecule has 1 aromatic carbocycles. The Balaban J connectivity index is 2.81. The molecule has 15 heavy (non-hydrogen) atoms. The van der Waals surface area contributed by atoms with Gasteiger partial charge in [0.1, 0.15) is 10.4 Å². The van der Waals surface area contributed by atoms with E-state index in [0.29, 0.717) is 10.7 Å². The van der Waals surface area contributed by atoms with Gasteiger partial charge in [0.05, 0.1) is 0 Å². The van der Waals surface area contributed by atoms with E-state index >= 15 is 0 Å². The Morgan fingerprint density at radius 2 is 2.20 bits per heavy atom. The van der Waals surface area contributed by atoms with Crippen LogP contribution < -0.4 is 5.14 Å². The van der Waals surface area contributed by atoms with Gasteiger partial charge in [0.2, 0.25) is 10.0 Å². The zero-order valence-corrected chi connectivity index (χ0v) is 9.43. The van der Waals surface area contributed by atoms with E-state index < -0.39 is 10.0 Å². The molecule has 80 valence electrons. The molecule has 5 nitrogen and oxygen atoms in total. The lowest BCUT2D eigenvalue weighted by Gasteiger charge is -1.96. The zero-order valence-electron chi connectivity index (χ0n) is 7.80. The van der Waals surface area contributed by atoms with Crippen LogP contribution >= 0.6 is 11.8 Å². The molecule has 0 fully saturated rings. The molecule has 0 unspecified atom stereocenters. The van der Waals surface area contributed by atoms with E-state index in [0.717, 1.165) is 0 Å². The van der Waals surface area contributed by atoms with Gasteiger partial charge in [0.15, 0.2) is 5.58 Å². The van der Waals surface area contributed by atoms with Gasteiger partial charge in [0, 0.05) is 0 Å². The summed E-state index contributed by atoms with van der Waals surface area (Å²) in [6.45, 7) is 0. The number of fused-ring (bicyclic) bond motifs is 1. The van der Waals surface area contributed by atoms with Gasteiger partial charge in [-0.15, -0.1) is 0 Å². The topological polar surface area (TPSA) is 86.2 Å². The molecule has 0 saturated carbocycles. The summed E-state index contributed by atoms with van der Waals surface area (Å²) in [5.41, 5.74) is 0.704. The molecule has 7 heteroatoms. The zero-order chi connectivity index (χ0) is 11.1. The van der Waals surface area contributed by atoms with Crippen molar-refractivity contribution in [3.05, 3.63) is 18.2 Å². The standard InChI is InChI=1S/C8H8N2O3S2/c1-14-8-10-5-3-2-4-6(7(5)13-8)15(9,11)12/h2-4H,1H3,(H2,9,11,12). The maximum absolute atomic E-state index is 11.2. The Hall–Kier alpha value is -1.05. The smallest absolute Gasteiger partial charge is 0.256 e. The Kier molecular flexibility index (Phi) is 2.45. The van der Waals surface area contributed by atoms with E-state index in [-0.39, 0.29) is 10.5 Å². The van der Waals surface area contributed by atoms with E-state index in [1.54, 1.807) is 18.4 Å². The van der Waals surface area contributed by atoms with E-state index in [4.69, 9.17) is 9.56 Å². The van der Waals surface area contributed by atoms with Gasteiger partial charge < -0.3 is 4.42 Å². The van der Waals surface area contributed by atoms with Gasteiger partial charge in [-0.05, 0) is 18.4 Å². The van der Waals surface area contributed by atoms with E-state index in [1.165, 1.54) is 17.8 Å². The second-order valence-electron chi connectivity index (χ2n) is 2.83. The number of nitrogens with zero attached hydrogens (tertiary/aromatic N) is 1. The highest BCUT2D eigenvalue weighted by Crippen LogP contribution is 2.26. The van der Waals surface area contributed by atoms with Gasteiger partial charge in [-0.2, -0.15) is 0 Å². The molecule has 0 aliphatic carbocycles. The summed E-state index contributed by atoms with van der Waals surface area (Å²) in [5.74, 6) is 0. The molecule has 1 aromatic heterocycles. The largest absolute Gasteiger partial charge is 0.430 e. The molecule has 0 aliphatic rings. The monoisotopic (exact) mass is 244 g/mol. The first-order chi connectivity index (χ1) is 7.02. The number of nitrogens with two attached hydrogens (primary N) is 1. The van der Waals surface area contributed by atoms with Crippen LogP contribution in [0, 0.1) is 0 Å². The number of aromatic nitrogens is 1. The molecule has 0 saturated heterocycles. The van der Waals surface area contributed by atoms with Crippen LogP contribution in [0.2, 0.25) is 0 Å². The summed E-state index contributed by atoms with van der Waals surface area (Å²) < 4.78 is 27.7. The van der Waals surface area contributed by atoms with Gasteiger partial charge in [0.25, 0.3) is 5.22 Å². The third-order valence-corrected chi connectivity index (χ3v) is 3.30. The van der Waals surface area contributed by atoms with Crippen LogP contribution in [-0.2, 0) is 10.0 Å². The van der Waals surface area contributed by atoms with Crippen LogP contribution in [0.15, 0.2) is 32.7 Å². The summed E-state index contributed by atoms with van der Waals surface area (Å²) in [4.78, 5) is 4.05. The van der Waals surface area contributed by atoms with Gasteiger partial charge in [-0.3, -0.25) is 0 Å². The molecule has 0 aliphatic heterocycles. The Morgan fingerprint density at radius 1 is 1.47 bits per heavy atom. The molecule has 0 bridgehead atoms. The minimum absolute atomic E-state index is 0.0344. The number of para-hydroxylation sites is 1. The van der Waals surface area contributed by atoms with Crippen LogP contribution in [-0.4, -0.2) is 19.7 Å². The lowest BCUT2D eigenvalue weighted by Crippen LogP contribution is -2.12. The van der Waals surface area contributed by atoms with Crippen molar-refractivity contribution in [2.45, 2.75) is 10.1 Å². The predicted octanol–water partition coefficient (Wildman–Crippen LogP) is 1.20. The lowest BCUT2D eigenvalue weighted by atomic mass is 10.3. The lowest BCUT2D eigenvalue weighted by molar-refractivity contribution is 0.484. The number of benzene rings is 1. The van der Waals surface area contributed by atoms with Crippen molar-refractivity contribution in [3.63, 3.8) is 0 Å². The first-order valence-electron chi connectivity index (χ1n) is 3.99. The fourth-order valence-corrected chi connectivity index (χ4v) is 2.24. The number of sulfonamides is 1. The highest BCUT2D eigenvalue weighted by molar-refractivity contribution is 7.98. The van der Waals surface area contributed by atoms with Crippen molar-refractivity contribution >= 4 is 32.9 Å². The molecule has 0 amide bonds.